The van der Waals surface area contributed by atoms with Gasteiger partial charge in [0, 0.05) is 0 Å². The molecule has 0 radical (unpaired) electrons. The van der Waals surface area contributed by atoms with Crippen molar-refractivity contribution in [1.29, 1.82) is 0 Å². The highest BCUT2D eigenvalue weighted by Crippen LogP contribution is 2.48. The molecule has 0 saturated heterocycles. The van der Waals surface area contributed by atoms with Gasteiger partial charge in [0.15, 0.2) is 0 Å². The molecule has 43 heavy (non-hydrogen) atoms. The van der Waals surface area contributed by atoms with Crippen LogP contribution in [0.1, 0.15) is 188 Å². The largest absolute Gasteiger partial charge is 0.481 e. The fourth-order valence-corrected chi connectivity index (χ4v) is 9.77. The van der Waals surface area contributed by atoms with Gasteiger partial charge in [-0.25, -0.2) is 0 Å². The fraction of sp³-hybridized carbons (Fsp3) is 0.949. The predicted molar refractivity (Wildman–Crippen MR) is 179 cm³/mol. The van der Waals surface area contributed by atoms with Crippen LogP contribution in [0.25, 0.3) is 0 Å². The summed E-state index contributed by atoms with van der Waals surface area (Å²) in [4.78, 5) is 25.0. The first-order valence-corrected chi connectivity index (χ1v) is 19.1. The third-order valence-corrected chi connectivity index (χ3v) is 12.6. The zero-order chi connectivity index (χ0) is 31.1. The molecule has 3 aliphatic carbocycles. The summed E-state index contributed by atoms with van der Waals surface area (Å²) < 4.78 is 0. The Morgan fingerprint density at radius 1 is 0.558 bits per heavy atom. The van der Waals surface area contributed by atoms with Crippen LogP contribution in [0.4, 0.5) is 0 Å². The molecule has 4 nitrogen and oxygen atoms in total. The molecule has 3 rings (SSSR count). The summed E-state index contributed by atoms with van der Waals surface area (Å²) >= 11 is 0. The van der Waals surface area contributed by atoms with Gasteiger partial charge in [-0.05, 0) is 86.4 Å². The van der Waals surface area contributed by atoms with Crippen LogP contribution in [0.5, 0.6) is 0 Å². The number of fused-ring (bicyclic) bond motifs is 2. The minimum Gasteiger partial charge on any atom is -0.481 e. The Kier molecular flexibility index (Phi) is 16.5. The number of aliphatic carboxylic acids is 2. The van der Waals surface area contributed by atoms with E-state index in [1.54, 1.807) is 0 Å². The molecule has 0 aromatic heterocycles. The van der Waals surface area contributed by atoms with Crippen LogP contribution in [-0.4, -0.2) is 22.2 Å². The van der Waals surface area contributed by atoms with Crippen LogP contribution < -0.4 is 0 Å². The number of hydrogen-bond acceptors (Lipinski definition) is 2. The van der Waals surface area contributed by atoms with Gasteiger partial charge >= 0.3 is 11.9 Å². The van der Waals surface area contributed by atoms with Gasteiger partial charge < -0.3 is 10.2 Å². The van der Waals surface area contributed by atoms with Crippen molar-refractivity contribution < 1.29 is 19.8 Å². The molecule has 0 heterocycles. The fourth-order valence-electron chi connectivity index (χ4n) is 9.77. The number of carboxylic acids is 2. The monoisotopic (exact) mass is 603 g/mol. The molecular formula is C39H70O4. The van der Waals surface area contributed by atoms with Gasteiger partial charge in [0.1, 0.15) is 0 Å². The van der Waals surface area contributed by atoms with E-state index < -0.39 is 11.9 Å². The summed E-state index contributed by atoms with van der Waals surface area (Å²) in [5.74, 6) is 0.973. The lowest BCUT2D eigenvalue weighted by Gasteiger charge is -2.42. The minimum atomic E-state index is -0.595. The van der Waals surface area contributed by atoms with Gasteiger partial charge in [-0.2, -0.15) is 0 Å². The molecule has 4 heteroatoms. The standard InChI is InChI=1S/C39H70O4/c1-30-18-14-15-19-32-24-25-33(28-32)36(38(42)43)22-17-20-34(26-23-30)39(3)27-16-12-10-8-6-4-5-7-9-11-13-21-35(37(40)41)31(2)29-39/h30-36H,4-29H2,1-3H3,(H,40,41)(H,42,43). The van der Waals surface area contributed by atoms with Crippen molar-refractivity contribution in [2.24, 2.45) is 46.8 Å². The van der Waals surface area contributed by atoms with E-state index in [1.807, 2.05) is 0 Å². The van der Waals surface area contributed by atoms with Crippen molar-refractivity contribution >= 4 is 11.9 Å². The third-order valence-electron chi connectivity index (χ3n) is 12.6. The Bertz CT molecular complexity index is 794. The number of carbonyl (C=O) groups is 2. The second-order valence-corrected chi connectivity index (χ2v) is 16.2. The van der Waals surface area contributed by atoms with Gasteiger partial charge in [-0.1, -0.05) is 136 Å². The molecule has 3 aliphatic rings. The molecule has 0 amide bonds. The molecule has 3 fully saturated rings. The van der Waals surface area contributed by atoms with Crippen molar-refractivity contribution in [2.45, 2.75) is 188 Å². The Hall–Kier alpha value is -1.06. The molecule has 0 aliphatic heterocycles. The summed E-state index contributed by atoms with van der Waals surface area (Å²) in [5, 5.41) is 20.5. The van der Waals surface area contributed by atoms with Crippen LogP contribution in [0, 0.1) is 46.8 Å². The van der Waals surface area contributed by atoms with E-state index in [0.29, 0.717) is 11.8 Å². The van der Waals surface area contributed by atoms with Crippen molar-refractivity contribution in [3.63, 3.8) is 0 Å². The molecule has 3 saturated carbocycles. The summed E-state index contributed by atoms with van der Waals surface area (Å²) in [7, 11) is 0. The summed E-state index contributed by atoms with van der Waals surface area (Å²) in [6, 6.07) is 0. The lowest BCUT2D eigenvalue weighted by atomic mass is 9.63. The van der Waals surface area contributed by atoms with E-state index in [4.69, 9.17) is 0 Å². The molecule has 8 atom stereocenters. The van der Waals surface area contributed by atoms with E-state index in [9.17, 15) is 19.8 Å². The number of rotatable bonds is 3. The summed E-state index contributed by atoms with van der Waals surface area (Å²) in [5.41, 5.74) is 0.117. The van der Waals surface area contributed by atoms with E-state index >= 15 is 0 Å². The quantitative estimate of drug-likeness (QED) is 0.337. The van der Waals surface area contributed by atoms with Crippen LogP contribution in [0.15, 0.2) is 0 Å². The highest BCUT2D eigenvalue weighted by molar-refractivity contribution is 5.70. The summed E-state index contributed by atoms with van der Waals surface area (Å²) in [6.07, 6.45) is 31.1. The topological polar surface area (TPSA) is 74.6 Å². The van der Waals surface area contributed by atoms with Crippen molar-refractivity contribution in [3.05, 3.63) is 0 Å². The van der Waals surface area contributed by atoms with Gasteiger partial charge in [-0.15, -0.1) is 0 Å². The van der Waals surface area contributed by atoms with Gasteiger partial charge in [0.2, 0.25) is 0 Å². The highest BCUT2D eigenvalue weighted by atomic mass is 16.4. The Morgan fingerprint density at radius 2 is 1.12 bits per heavy atom. The van der Waals surface area contributed by atoms with Crippen LogP contribution in [0.2, 0.25) is 0 Å². The minimum absolute atomic E-state index is 0.117. The maximum Gasteiger partial charge on any atom is 0.306 e. The average molecular weight is 603 g/mol. The zero-order valence-corrected chi connectivity index (χ0v) is 28.6. The molecule has 8 unspecified atom stereocenters. The predicted octanol–water partition coefficient (Wildman–Crippen LogP) is 11.7. The van der Waals surface area contributed by atoms with Gasteiger partial charge in [0.25, 0.3) is 0 Å². The van der Waals surface area contributed by atoms with E-state index in [0.717, 1.165) is 63.2 Å². The normalized spacial score (nSPS) is 37.8. The smallest absolute Gasteiger partial charge is 0.306 e. The first-order valence-electron chi connectivity index (χ1n) is 19.1. The van der Waals surface area contributed by atoms with Crippen LogP contribution in [-0.2, 0) is 9.59 Å². The molecule has 2 N–H and O–H groups in total. The van der Waals surface area contributed by atoms with Crippen molar-refractivity contribution in [3.8, 4) is 0 Å². The molecule has 0 aromatic rings. The van der Waals surface area contributed by atoms with Crippen LogP contribution >= 0.6 is 0 Å². The van der Waals surface area contributed by atoms with Gasteiger partial charge in [-0.3, -0.25) is 9.59 Å². The van der Waals surface area contributed by atoms with E-state index in [1.165, 1.54) is 116 Å². The lowest BCUT2D eigenvalue weighted by molar-refractivity contribution is -0.145. The van der Waals surface area contributed by atoms with Crippen LogP contribution in [0.3, 0.4) is 0 Å². The van der Waals surface area contributed by atoms with E-state index in [-0.39, 0.29) is 23.2 Å². The van der Waals surface area contributed by atoms with Crippen molar-refractivity contribution in [1.82, 2.24) is 0 Å². The average Bonchev–Trinajstić information content (AvgIpc) is 3.41. The molecule has 0 aromatic carbocycles. The SMILES string of the molecule is CC1CCCCC2CCC(C2)C(C(=O)O)CCCC(C2(C)CCCCCCCCCCCCCC(C(=O)O)C(C)C2)CC1. The Labute approximate surface area is 266 Å². The van der Waals surface area contributed by atoms with Crippen molar-refractivity contribution in [2.75, 3.05) is 0 Å². The summed E-state index contributed by atoms with van der Waals surface area (Å²) in [6.45, 7) is 7.20. The molecular weight excluding hydrogens is 532 g/mol. The highest BCUT2D eigenvalue weighted by Gasteiger charge is 2.39. The maximum absolute atomic E-state index is 12.5. The Balaban J connectivity index is 1.80. The second kappa shape index (κ2) is 19.5. The lowest BCUT2D eigenvalue weighted by Crippen LogP contribution is -2.34. The number of carboxylic acid groups (broad SMARTS) is 2. The maximum atomic E-state index is 12.5. The zero-order valence-electron chi connectivity index (χ0n) is 28.6. The second-order valence-electron chi connectivity index (χ2n) is 16.2. The molecule has 250 valence electrons. The molecule has 2 bridgehead atoms. The van der Waals surface area contributed by atoms with E-state index in [2.05, 4.69) is 20.8 Å². The Morgan fingerprint density at radius 3 is 1.77 bits per heavy atom. The third kappa shape index (κ3) is 12.7. The van der Waals surface area contributed by atoms with Gasteiger partial charge in [0.05, 0.1) is 11.8 Å². The molecule has 0 spiro atoms. The first kappa shape index (κ1) is 36.4. The number of hydrogen-bond donors (Lipinski definition) is 2. The first-order chi connectivity index (χ1) is 20.7.